The van der Waals surface area contributed by atoms with Crippen molar-refractivity contribution in [3.63, 3.8) is 0 Å². The molecule has 2 aromatic carbocycles. The monoisotopic (exact) mass is 390 g/mol. The first-order chi connectivity index (χ1) is 14.2. The molecule has 0 saturated carbocycles. The Bertz CT molecular complexity index is 959. The minimum atomic E-state index is -0.451. The summed E-state index contributed by atoms with van der Waals surface area (Å²) in [7, 11) is 1.33. The highest BCUT2D eigenvalue weighted by Crippen LogP contribution is 2.20. The van der Waals surface area contributed by atoms with Crippen molar-refractivity contribution < 1.29 is 14.3 Å². The lowest BCUT2D eigenvalue weighted by Gasteiger charge is -2.10. The fourth-order valence-electron chi connectivity index (χ4n) is 2.77. The van der Waals surface area contributed by atoms with Crippen LogP contribution < -0.4 is 10.6 Å². The molecule has 0 aliphatic heterocycles. The van der Waals surface area contributed by atoms with Gasteiger partial charge in [-0.1, -0.05) is 42.5 Å². The topological polar surface area (TPSA) is 93.2 Å². The molecule has 0 saturated heterocycles. The Morgan fingerprint density at radius 2 is 1.69 bits per heavy atom. The van der Waals surface area contributed by atoms with Gasteiger partial charge in [-0.3, -0.25) is 4.79 Å². The van der Waals surface area contributed by atoms with Crippen molar-refractivity contribution >= 4 is 23.4 Å². The summed E-state index contributed by atoms with van der Waals surface area (Å²) in [5.74, 6) is -0.304. The normalized spacial score (nSPS) is 10.2. The van der Waals surface area contributed by atoms with Gasteiger partial charge in [-0.05, 0) is 42.7 Å². The van der Waals surface area contributed by atoms with Gasteiger partial charge in [0.15, 0.2) is 11.5 Å². The van der Waals surface area contributed by atoms with E-state index in [0.29, 0.717) is 23.6 Å². The summed E-state index contributed by atoms with van der Waals surface area (Å²) >= 11 is 0. The SMILES string of the molecule is COC(=O)c1ccccc1Nc1ccc(C(=O)NCCCc2ccccc2)nn1. The van der Waals surface area contributed by atoms with Crippen molar-refractivity contribution in [3.8, 4) is 0 Å². The predicted octanol–water partition coefficient (Wildman–Crippen LogP) is 3.37. The number of esters is 1. The Labute approximate surface area is 169 Å². The summed E-state index contributed by atoms with van der Waals surface area (Å²) in [4.78, 5) is 24.0. The highest BCUT2D eigenvalue weighted by molar-refractivity contribution is 5.96. The van der Waals surface area contributed by atoms with Gasteiger partial charge in [-0.2, -0.15) is 0 Å². The Morgan fingerprint density at radius 3 is 2.41 bits per heavy atom. The number of rotatable bonds is 8. The molecule has 3 rings (SSSR count). The van der Waals surface area contributed by atoms with Crippen LogP contribution in [0.15, 0.2) is 66.7 Å². The number of nitrogens with zero attached hydrogens (tertiary/aromatic N) is 2. The van der Waals surface area contributed by atoms with Crippen LogP contribution in [0.5, 0.6) is 0 Å². The lowest BCUT2D eigenvalue weighted by Crippen LogP contribution is -2.26. The van der Waals surface area contributed by atoms with E-state index < -0.39 is 5.97 Å². The highest BCUT2D eigenvalue weighted by atomic mass is 16.5. The Hall–Kier alpha value is -3.74. The summed E-state index contributed by atoms with van der Waals surface area (Å²) in [6, 6.07) is 20.3. The number of hydrogen-bond donors (Lipinski definition) is 2. The summed E-state index contributed by atoms with van der Waals surface area (Å²) in [5, 5.41) is 13.9. The summed E-state index contributed by atoms with van der Waals surface area (Å²) in [6.07, 6.45) is 1.74. The zero-order valence-electron chi connectivity index (χ0n) is 16.1. The second kappa shape index (κ2) is 9.98. The number of benzene rings is 2. The Kier molecular flexibility index (Phi) is 6.89. The first-order valence-corrected chi connectivity index (χ1v) is 9.27. The molecular weight excluding hydrogens is 368 g/mol. The maximum absolute atomic E-state index is 12.2. The molecule has 2 N–H and O–H groups in total. The molecule has 0 fully saturated rings. The van der Waals surface area contributed by atoms with Crippen molar-refractivity contribution in [2.75, 3.05) is 19.0 Å². The number of para-hydroxylation sites is 1. The average molecular weight is 390 g/mol. The number of anilines is 2. The van der Waals surface area contributed by atoms with Crippen molar-refractivity contribution in [2.45, 2.75) is 12.8 Å². The molecule has 0 atom stereocenters. The molecule has 7 nitrogen and oxygen atoms in total. The molecule has 0 unspecified atom stereocenters. The molecule has 3 aromatic rings. The molecule has 0 bridgehead atoms. The second-order valence-electron chi connectivity index (χ2n) is 6.31. The standard InChI is InChI=1S/C22H22N4O3/c1-29-22(28)17-11-5-6-12-18(17)24-20-14-13-19(25-26-20)21(27)23-15-7-10-16-8-3-2-4-9-16/h2-6,8-9,11-14H,7,10,15H2,1H3,(H,23,27)(H,24,26). The first-order valence-electron chi connectivity index (χ1n) is 9.27. The second-order valence-corrected chi connectivity index (χ2v) is 6.31. The minimum absolute atomic E-state index is 0.233. The third-order valence-electron chi connectivity index (χ3n) is 4.26. The van der Waals surface area contributed by atoms with Gasteiger partial charge in [0.25, 0.3) is 5.91 Å². The maximum atomic E-state index is 12.2. The van der Waals surface area contributed by atoms with Crippen LogP contribution in [-0.2, 0) is 11.2 Å². The summed E-state index contributed by atoms with van der Waals surface area (Å²) in [6.45, 7) is 0.557. The molecule has 7 heteroatoms. The van der Waals surface area contributed by atoms with Crippen LogP contribution in [0, 0.1) is 0 Å². The van der Waals surface area contributed by atoms with Crippen LogP contribution in [0.3, 0.4) is 0 Å². The molecule has 148 valence electrons. The zero-order valence-corrected chi connectivity index (χ0v) is 16.1. The van der Waals surface area contributed by atoms with Crippen LogP contribution in [-0.4, -0.2) is 35.7 Å². The highest BCUT2D eigenvalue weighted by Gasteiger charge is 2.12. The molecule has 29 heavy (non-hydrogen) atoms. The van der Waals surface area contributed by atoms with E-state index >= 15 is 0 Å². The number of nitrogens with one attached hydrogen (secondary N) is 2. The van der Waals surface area contributed by atoms with Crippen LogP contribution in [0.25, 0.3) is 0 Å². The van der Waals surface area contributed by atoms with E-state index in [1.807, 2.05) is 18.2 Å². The van der Waals surface area contributed by atoms with Crippen molar-refractivity contribution in [1.82, 2.24) is 15.5 Å². The summed E-state index contributed by atoms with van der Waals surface area (Å²) in [5.41, 5.74) is 2.41. The fraction of sp³-hybridized carbons (Fsp3) is 0.182. The molecular formula is C22H22N4O3. The fourth-order valence-corrected chi connectivity index (χ4v) is 2.77. The molecule has 1 heterocycles. The number of ether oxygens (including phenoxy) is 1. The first kappa shape index (κ1) is 20.0. The lowest BCUT2D eigenvalue weighted by atomic mass is 10.1. The zero-order chi connectivity index (χ0) is 20.5. The number of methoxy groups -OCH3 is 1. The van der Waals surface area contributed by atoms with Crippen LogP contribution in [0.1, 0.15) is 32.8 Å². The average Bonchev–Trinajstić information content (AvgIpc) is 2.77. The largest absolute Gasteiger partial charge is 0.465 e. The molecule has 0 radical (unpaired) electrons. The molecule has 0 aliphatic carbocycles. The van der Waals surface area contributed by atoms with Crippen molar-refractivity contribution in [1.29, 1.82) is 0 Å². The number of carbonyl (C=O) groups is 2. The van der Waals surface area contributed by atoms with Gasteiger partial charge >= 0.3 is 5.97 Å². The third-order valence-corrected chi connectivity index (χ3v) is 4.26. The summed E-state index contributed by atoms with van der Waals surface area (Å²) < 4.78 is 4.77. The number of aryl methyl sites for hydroxylation is 1. The molecule has 0 spiro atoms. The molecule has 1 amide bonds. The van der Waals surface area contributed by atoms with E-state index in [2.05, 4.69) is 33.0 Å². The Balaban J connectivity index is 1.53. The van der Waals surface area contributed by atoms with E-state index in [-0.39, 0.29) is 11.6 Å². The van der Waals surface area contributed by atoms with Gasteiger partial charge in [0.2, 0.25) is 0 Å². The van der Waals surface area contributed by atoms with Gasteiger partial charge in [0, 0.05) is 6.54 Å². The maximum Gasteiger partial charge on any atom is 0.339 e. The predicted molar refractivity (Wildman–Crippen MR) is 110 cm³/mol. The molecule has 0 aliphatic rings. The van der Waals surface area contributed by atoms with E-state index in [4.69, 9.17) is 4.74 Å². The van der Waals surface area contributed by atoms with Gasteiger partial charge < -0.3 is 15.4 Å². The van der Waals surface area contributed by atoms with Gasteiger partial charge in [0.05, 0.1) is 18.4 Å². The quantitative estimate of drug-likeness (QED) is 0.452. The van der Waals surface area contributed by atoms with E-state index in [1.54, 1.807) is 36.4 Å². The number of aromatic nitrogens is 2. The number of hydrogen-bond acceptors (Lipinski definition) is 6. The van der Waals surface area contributed by atoms with E-state index in [0.717, 1.165) is 12.8 Å². The van der Waals surface area contributed by atoms with Crippen molar-refractivity contribution in [2.24, 2.45) is 0 Å². The number of amides is 1. The number of carbonyl (C=O) groups excluding carboxylic acids is 2. The third kappa shape index (κ3) is 5.62. The van der Waals surface area contributed by atoms with Crippen LogP contribution in [0.4, 0.5) is 11.5 Å². The Morgan fingerprint density at radius 1 is 0.931 bits per heavy atom. The van der Waals surface area contributed by atoms with Gasteiger partial charge in [-0.25, -0.2) is 4.79 Å². The van der Waals surface area contributed by atoms with Crippen LogP contribution in [0.2, 0.25) is 0 Å². The van der Waals surface area contributed by atoms with Gasteiger partial charge in [-0.15, -0.1) is 10.2 Å². The molecule has 1 aromatic heterocycles. The van der Waals surface area contributed by atoms with E-state index in [9.17, 15) is 9.59 Å². The van der Waals surface area contributed by atoms with Gasteiger partial charge in [0.1, 0.15) is 0 Å². The van der Waals surface area contributed by atoms with E-state index in [1.165, 1.54) is 12.7 Å². The lowest BCUT2D eigenvalue weighted by molar-refractivity contribution is 0.0601. The van der Waals surface area contributed by atoms with Crippen molar-refractivity contribution in [3.05, 3.63) is 83.6 Å². The minimum Gasteiger partial charge on any atom is -0.465 e. The smallest absolute Gasteiger partial charge is 0.339 e. The van der Waals surface area contributed by atoms with Crippen LogP contribution >= 0.6 is 0 Å².